The number of nitrogens with one attached hydrogen (secondary N) is 2. The van der Waals surface area contributed by atoms with Crippen LogP contribution in [0.3, 0.4) is 0 Å². The van der Waals surface area contributed by atoms with Crippen LogP contribution >= 0.6 is 12.4 Å². The maximum absolute atomic E-state index is 12.7. The van der Waals surface area contributed by atoms with Gasteiger partial charge in [-0.15, -0.1) is 17.5 Å². The Hall–Kier alpha value is -2.32. The molecule has 1 atom stereocenters. The summed E-state index contributed by atoms with van der Waals surface area (Å²) in [7, 11) is 0. The molecule has 1 saturated heterocycles. The Balaban J connectivity index is 0.00000225. The minimum atomic E-state index is -0.304. The number of halogens is 1. The van der Waals surface area contributed by atoms with Crippen LogP contribution < -0.4 is 20.1 Å². The third-order valence-electron chi connectivity index (χ3n) is 4.97. The molecule has 2 aliphatic rings. The van der Waals surface area contributed by atoms with Gasteiger partial charge in [-0.25, -0.2) is 4.68 Å². The topological polar surface area (TPSA) is 90.3 Å². The number of benzene rings is 1. The Labute approximate surface area is 170 Å². The van der Waals surface area contributed by atoms with Crippen molar-refractivity contribution < 1.29 is 14.3 Å². The van der Waals surface area contributed by atoms with Gasteiger partial charge in [0.05, 0.1) is 24.5 Å². The molecule has 3 heterocycles. The fraction of sp³-hybridized carbons (Fsp3) is 0.526. The predicted octanol–water partition coefficient (Wildman–Crippen LogP) is 2.60. The second-order valence-electron chi connectivity index (χ2n) is 7.04. The van der Waals surface area contributed by atoms with Crippen LogP contribution in [-0.2, 0) is 6.42 Å². The normalized spacial score (nSPS) is 18.7. The molecule has 9 heteroatoms. The van der Waals surface area contributed by atoms with Crippen molar-refractivity contribution in [1.82, 2.24) is 20.3 Å². The number of piperidine rings is 1. The molecule has 2 N–H and O–H groups in total. The molecule has 1 amide bonds. The van der Waals surface area contributed by atoms with Gasteiger partial charge in [0.25, 0.3) is 5.91 Å². The first-order valence-corrected chi connectivity index (χ1v) is 9.54. The van der Waals surface area contributed by atoms with Gasteiger partial charge in [0.2, 0.25) is 0 Å². The van der Waals surface area contributed by atoms with Crippen molar-refractivity contribution in [3.63, 3.8) is 0 Å². The molecule has 0 spiro atoms. The summed E-state index contributed by atoms with van der Waals surface area (Å²) in [4.78, 5) is 12.7. The molecule has 0 radical (unpaired) electrons. The summed E-state index contributed by atoms with van der Waals surface area (Å²) in [5, 5.41) is 14.4. The quantitative estimate of drug-likeness (QED) is 0.791. The van der Waals surface area contributed by atoms with Crippen molar-refractivity contribution in [2.24, 2.45) is 0 Å². The average molecular weight is 408 g/mol. The number of hydrogen-bond acceptors (Lipinski definition) is 6. The summed E-state index contributed by atoms with van der Waals surface area (Å²) in [6.07, 6.45) is 4.66. The van der Waals surface area contributed by atoms with Crippen LogP contribution in [0.5, 0.6) is 11.5 Å². The van der Waals surface area contributed by atoms with Crippen molar-refractivity contribution >= 4 is 24.0 Å². The van der Waals surface area contributed by atoms with Crippen molar-refractivity contribution in [2.45, 2.75) is 45.3 Å². The predicted molar refractivity (Wildman–Crippen MR) is 108 cm³/mol. The molecule has 0 bridgehead atoms. The van der Waals surface area contributed by atoms with E-state index in [1.807, 2.05) is 26.0 Å². The summed E-state index contributed by atoms with van der Waals surface area (Å²) in [6.45, 7) is 6.37. The van der Waals surface area contributed by atoms with Crippen LogP contribution in [0.2, 0.25) is 0 Å². The third kappa shape index (κ3) is 4.23. The van der Waals surface area contributed by atoms with Gasteiger partial charge in [-0.3, -0.25) is 4.79 Å². The molecule has 152 valence electrons. The van der Waals surface area contributed by atoms with Crippen molar-refractivity contribution in [1.29, 1.82) is 0 Å². The maximum Gasteiger partial charge on any atom is 0.277 e. The summed E-state index contributed by atoms with van der Waals surface area (Å²) >= 11 is 0. The molecule has 1 unspecified atom stereocenters. The highest BCUT2D eigenvalue weighted by molar-refractivity contribution is 6.03. The Morgan fingerprint density at radius 1 is 1.39 bits per heavy atom. The van der Waals surface area contributed by atoms with Gasteiger partial charge in [0.1, 0.15) is 17.6 Å². The minimum absolute atomic E-state index is 0. The number of anilines is 1. The van der Waals surface area contributed by atoms with E-state index in [9.17, 15) is 4.79 Å². The van der Waals surface area contributed by atoms with E-state index in [0.717, 1.165) is 43.7 Å². The zero-order valence-corrected chi connectivity index (χ0v) is 16.9. The van der Waals surface area contributed by atoms with E-state index in [2.05, 4.69) is 20.9 Å². The van der Waals surface area contributed by atoms with E-state index in [0.29, 0.717) is 23.7 Å². The molecular formula is C19H26ClN5O3. The first-order chi connectivity index (χ1) is 13.1. The lowest BCUT2D eigenvalue weighted by atomic mass is 10.1. The third-order valence-corrected chi connectivity index (χ3v) is 4.97. The van der Waals surface area contributed by atoms with Gasteiger partial charge in [-0.2, -0.15) is 0 Å². The summed E-state index contributed by atoms with van der Waals surface area (Å²) in [6, 6.07) is 4.07. The standard InChI is InChI=1S/C19H25N5O3.ClH/c1-3-26-18-9-13-8-12(2)27-17(13)10-15(18)21-19(25)16-11-24(23-22-16)14-4-6-20-7-5-14;/h9-12,14,20H,3-8H2,1-2H3,(H,21,25);1H. The second-order valence-corrected chi connectivity index (χ2v) is 7.04. The van der Waals surface area contributed by atoms with Crippen molar-refractivity contribution in [2.75, 3.05) is 25.0 Å². The molecule has 8 nitrogen and oxygen atoms in total. The molecule has 1 aromatic heterocycles. The monoisotopic (exact) mass is 407 g/mol. The number of carbonyl (C=O) groups is 1. The van der Waals surface area contributed by atoms with Gasteiger partial charge in [-0.05, 0) is 45.8 Å². The lowest BCUT2D eigenvalue weighted by molar-refractivity contribution is 0.102. The van der Waals surface area contributed by atoms with Crippen LogP contribution in [0.25, 0.3) is 0 Å². The van der Waals surface area contributed by atoms with Gasteiger partial charge in [0, 0.05) is 18.1 Å². The van der Waals surface area contributed by atoms with Gasteiger partial charge >= 0.3 is 0 Å². The van der Waals surface area contributed by atoms with Crippen molar-refractivity contribution in [3.05, 3.63) is 29.6 Å². The average Bonchev–Trinajstić information content (AvgIpc) is 3.29. The molecule has 4 rings (SSSR count). The summed E-state index contributed by atoms with van der Waals surface area (Å²) in [5.74, 6) is 1.13. The Kier molecular flexibility index (Phi) is 6.41. The van der Waals surface area contributed by atoms with Crippen LogP contribution in [0.15, 0.2) is 18.3 Å². The molecule has 28 heavy (non-hydrogen) atoms. The number of amides is 1. The largest absolute Gasteiger partial charge is 0.492 e. The zero-order valence-electron chi connectivity index (χ0n) is 16.1. The number of nitrogens with zero attached hydrogens (tertiary/aromatic N) is 3. The zero-order chi connectivity index (χ0) is 18.8. The Bertz CT molecular complexity index is 835. The van der Waals surface area contributed by atoms with E-state index < -0.39 is 0 Å². The minimum Gasteiger partial charge on any atom is -0.492 e. The molecule has 1 aromatic carbocycles. The Morgan fingerprint density at radius 2 is 2.18 bits per heavy atom. The highest BCUT2D eigenvalue weighted by Gasteiger charge is 2.24. The number of fused-ring (bicyclic) bond motifs is 1. The molecule has 1 fully saturated rings. The van der Waals surface area contributed by atoms with Gasteiger partial charge in [0.15, 0.2) is 5.69 Å². The van der Waals surface area contributed by atoms with Crippen LogP contribution in [-0.4, -0.2) is 46.7 Å². The lowest BCUT2D eigenvalue weighted by Crippen LogP contribution is -2.29. The number of rotatable bonds is 5. The fourth-order valence-electron chi connectivity index (χ4n) is 3.63. The number of hydrogen-bond donors (Lipinski definition) is 2. The Morgan fingerprint density at radius 3 is 2.93 bits per heavy atom. The molecule has 2 aliphatic heterocycles. The van der Waals surface area contributed by atoms with E-state index in [1.165, 1.54) is 0 Å². The molecule has 0 aliphatic carbocycles. The molecule has 2 aromatic rings. The van der Waals surface area contributed by atoms with Gasteiger partial charge < -0.3 is 20.1 Å². The van der Waals surface area contributed by atoms with E-state index in [4.69, 9.17) is 9.47 Å². The van der Waals surface area contributed by atoms with Crippen LogP contribution in [0.4, 0.5) is 5.69 Å². The molecule has 0 saturated carbocycles. The first kappa shape index (κ1) is 20.4. The van der Waals surface area contributed by atoms with Gasteiger partial charge in [-0.1, -0.05) is 5.21 Å². The lowest BCUT2D eigenvalue weighted by Gasteiger charge is -2.22. The second kappa shape index (κ2) is 8.79. The van der Waals surface area contributed by atoms with E-state index >= 15 is 0 Å². The smallest absolute Gasteiger partial charge is 0.277 e. The molecular weight excluding hydrogens is 382 g/mol. The number of carbonyl (C=O) groups excluding carboxylic acids is 1. The first-order valence-electron chi connectivity index (χ1n) is 9.54. The number of aromatic nitrogens is 3. The highest BCUT2D eigenvalue weighted by atomic mass is 35.5. The summed E-state index contributed by atoms with van der Waals surface area (Å²) in [5.41, 5.74) is 1.98. The van der Waals surface area contributed by atoms with Crippen LogP contribution in [0.1, 0.15) is 48.8 Å². The van der Waals surface area contributed by atoms with Crippen molar-refractivity contribution in [3.8, 4) is 11.5 Å². The highest BCUT2D eigenvalue weighted by Crippen LogP contribution is 2.38. The van der Waals surface area contributed by atoms with Crippen LogP contribution in [0, 0.1) is 0 Å². The van der Waals surface area contributed by atoms with E-state index in [-0.39, 0.29) is 30.5 Å². The fourth-order valence-corrected chi connectivity index (χ4v) is 3.63. The van der Waals surface area contributed by atoms with E-state index in [1.54, 1.807) is 10.9 Å². The SMILES string of the molecule is CCOc1cc2c(cc1NC(=O)c1cn(C3CCNCC3)nn1)OC(C)C2.Cl. The summed E-state index contributed by atoms with van der Waals surface area (Å²) < 4.78 is 13.3. The maximum atomic E-state index is 12.7. The number of ether oxygens (including phenoxy) is 2.